The van der Waals surface area contributed by atoms with Gasteiger partial charge in [0.2, 0.25) is 5.28 Å². The third-order valence-corrected chi connectivity index (χ3v) is 3.30. The van der Waals surface area contributed by atoms with Gasteiger partial charge in [-0.15, -0.1) is 0 Å². The summed E-state index contributed by atoms with van der Waals surface area (Å²) in [7, 11) is 0. The van der Waals surface area contributed by atoms with Gasteiger partial charge in [-0.3, -0.25) is 0 Å². The molecule has 2 aromatic carbocycles. The Morgan fingerprint density at radius 3 is 2.29 bits per heavy atom. The standard InChI is InChI=1S/C17H10ClN3/c1-19-14-9-7-12(8-10-14)15-11-20-17(18)21-16(15)13-5-3-2-4-6-13/h2-11H. The van der Waals surface area contributed by atoms with Gasteiger partial charge in [0.15, 0.2) is 5.69 Å². The van der Waals surface area contributed by atoms with Crippen molar-refractivity contribution < 1.29 is 0 Å². The molecule has 0 unspecified atom stereocenters. The highest BCUT2D eigenvalue weighted by Gasteiger charge is 2.10. The highest BCUT2D eigenvalue weighted by atomic mass is 35.5. The summed E-state index contributed by atoms with van der Waals surface area (Å²) in [6.07, 6.45) is 1.71. The molecule has 0 radical (unpaired) electrons. The van der Waals surface area contributed by atoms with Gasteiger partial charge >= 0.3 is 0 Å². The van der Waals surface area contributed by atoms with Crippen molar-refractivity contribution in [3.8, 4) is 22.4 Å². The first-order chi connectivity index (χ1) is 10.3. The topological polar surface area (TPSA) is 30.1 Å². The SMILES string of the molecule is [C-]#[N+]c1ccc(-c2cnc(Cl)nc2-c2ccccc2)cc1. The number of hydrogen-bond acceptors (Lipinski definition) is 2. The molecule has 0 fully saturated rings. The number of halogens is 1. The minimum atomic E-state index is 0.218. The van der Waals surface area contributed by atoms with E-state index in [0.29, 0.717) is 5.69 Å². The molecule has 0 spiro atoms. The van der Waals surface area contributed by atoms with E-state index in [-0.39, 0.29) is 5.28 Å². The molecule has 0 aliphatic heterocycles. The van der Waals surface area contributed by atoms with Crippen LogP contribution < -0.4 is 0 Å². The minimum absolute atomic E-state index is 0.218. The zero-order valence-corrected chi connectivity index (χ0v) is 11.7. The van der Waals surface area contributed by atoms with Gasteiger partial charge in [0.1, 0.15) is 0 Å². The van der Waals surface area contributed by atoms with Crippen LogP contribution in [-0.2, 0) is 0 Å². The molecule has 0 bridgehead atoms. The Kier molecular flexibility index (Phi) is 3.63. The molecule has 0 saturated heterocycles. The summed E-state index contributed by atoms with van der Waals surface area (Å²) in [5.74, 6) is 0. The van der Waals surface area contributed by atoms with Gasteiger partial charge in [0.25, 0.3) is 0 Å². The molecule has 0 amide bonds. The summed E-state index contributed by atoms with van der Waals surface area (Å²) in [6, 6.07) is 17.2. The summed E-state index contributed by atoms with van der Waals surface area (Å²) in [5.41, 5.74) is 4.21. The molecular formula is C17H10ClN3. The zero-order valence-electron chi connectivity index (χ0n) is 11.0. The van der Waals surface area contributed by atoms with E-state index < -0.39 is 0 Å². The fraction of sp³-hybridized carbons (Fsp3) is 0. The van der Waals surface area contributed by atoms with E-state index in [2.05, 4.69) is 14.8 Å². The fourth-order valence-corrected chi connectivity index (χ4v) is 2.24. The van der Waals surface area contributed by atoms with Crippen LogP contribution in [0.3, 0.4) is 0 Å². The predicted molar refractivity (Wildman–Crippen MR) is 84.2 cm³/mol. The fourth-order valence-electron chi connectivity index (χ4n) is 2.10. The average Bonchev–Trinajstić information content (AvgIpc) is 2.56. The number of rotatable bonds is 2. The highest BCUT2D eigenvalue weighted by Crippen LogP contribution is 2.31. The summed E-state index contributed by atoms with van der Waals surface area (Å²) in [4.78, 5) is 11.8. The van der Waals surface area contributed by atoms with Crippen molar-refractivity contribution in [3.05, 3.63) is 77.5 Å². The Balaban J connectivity index is 2.16. The molecule has 0 aliphatic carbocycles. The van der Waals surface area contributed by atoms with Gasteiger partial charge < -0.3 is 0 Å². The van der Waals surface area contributed by atoms with Crippen LogP contribution in [0.15, 0.2) is 60.8 Å². The second-order valence-electron chi connectivity index (χ2n) is 4.43. The normalized spacial score (nSPS) is 10.1. The lowest BCUT2D eigenvalue weighted by Gasteiger charge is -2.09. The first-order valence-corrected chi connectivity index (χ1v) is 6.71. The lowest BCUT2D eigenvalue weighted by atomic mass is 10.0. The van der Waals surface area contributed by atoms with E-state index in [1.165, 1.54) is 0 Å². The van der Waals surface area contributed by atoms with Gasteiger partial charge in [-0.1, -0.05) is 54.6 Å². The van der Waals surface area contributed by atoms with E-state index in [0.717, 1.165) is 22.4 Å². The van der Waals surface area contributed by atoms with E-state index >= 15 is 0 Å². The van der Waals surface area contributed by atoms with Gasteiger partial charge in [0, 0.05) is 17.3 Å². The largest absolute Gasteiger partial charge is 0.238 e. The first kappa shape index (κ1) is 13.3. The van der Waals surface area contributed by atoms with Gasteiger partial charge in [-0.05, 0) is 17.2 Å². The van der Waals surface area contributed by atoms with E-state index in [1.807, 2.05) is 42.5 Å². The Bertz CT molecular complexity index is 806. The van der Waals surface area contributed by atoms with Gasteiger partial charge in [-0.25, -0.2) is 14.8 Å². The smallest absolute Gasteiger partial charge is 0.222 e. The maximum absolute atomic E-state index is 7.01. The summed E-state index contributed by atoms with van der Waals surface area (Å²) in [6.45, 7) is 7.01. The molecule has 3 rings (SSSR count). The maximum atomic E-state index is 7.01. The van der Waals surface area contributed by atoms with Crippen molar-refractivity contribution in [1.82, 2.24) is 9.97 Å². The third-order valence-electron chi connectivity index (χ3n) is 3.11. The molecular weight excluding hydrogens is 282 g/mol. The van der Waals surface area contributed by atoms with Crippen molar-refractivity contribution in [2.75, 3.05) is 0 Å². The van der Waals surface area contributed by atoms with Crippen LogP contribution in [0.5, 0.6) is 0 Å². The van der Waals surface area contributed by atoms with Crippen molar-refractivity contribution >= 4 is 17.3 Å². The van der Waals surface area contributed by atoms with Crippen LogP contribution in [0.4, 0.5) is 5.69 Å². The monoisotopic (exact) mass is 291 g/mol. The number of nitrogens with zero attached hydrogens (tertiary/aromatic N) is 3. The average molecular weight is 292 g/mol. The molecule has 100 valence electrons. The second kappa shape index (κ2) is 5.74. The molecule has 0 aliphatic rings. The zero-order chi connectivity index (χ0) is 14.7. The lowest BCUT2D eigenvalue weighted by molar-refractivity contribution is 1.17. The number of benzene rings is 2. The maximum Gasteiger partial charge on any atom is 0.222 e. The quantitative estimate of drug-likeness (QED) is 0.490. The summed E-state index contributed by atoms with van der Waals surface area (Å²) < 4.78 is 0. The van der Waals surface area contributed by atoms with Crippen molar-refractivity contribution in [3.63, 3.8) is 0 Å². The van der Waals surface area contributed by atoms with E-state index in [4.69, 9.17) is 18.2 Å². The van der Waals surface area contributed by atoms with Crippen molar-refractivity contribution in [1.29, 1.82) is 0 Å². The molecule has 1 heterocycles. The first-order valence-electron chi connectivity index (χ1n) is 6.34. The van der Waals surface area contributed by atoms with Gasteiger partial charge in [0.05, 0.1) is 12.3 Å². The Morgan fingerprint density at radius 1 is 0.905 bits per heavy atom. The molecule has 0 saturated carbocycles. The van der Waals surface area contributed by atoms with Crippen molar-refractivity contribution in [2.24, 2.45) is 0 Å². The molecule has 3 aromatic rings. The molecule has 1 aromatic heterocycles. The Hall–Kier alpha value is -2.70. The Labute approximate surface area is 127 Å². The summed E-state index contributed by atoms with van der Waals surface area (Å²) >= 11 is 5.94. The van der Waals surface area contributed by atoms with Crippen LogP contribution in [0.1, 0.15) is 0 Å². The minimum Gasteiger partial charge on any atom is -0.238 e. The van der Waals surface area contributed by atoms with E-state index in [9.17, 15) is 0 Å². The van der Waals surface area contributed by atoms with Crippen LogP contribution >= 0.6 is 11.6 Å². The predicted octanol–water partition coefficient (Wildman–Crippen LogP) is 5.01. The molecule has 21 heavy (non-hydrogen) atoms. The van der Waals surface area contributed by atoms with Crippen LogP contribution in [0.2, 0.25) is 5.28 Å². The van der Waals surface area contributed by atoms with Crippen LogP contribution in [0.25, 0.3) is 27.2 Å². The number of hydrogen-bond donors (Lipinski definition) is 0. The molecule has 3 nitrogen and oxygen atoms in total. The van der Waals surface area contributed by atoms with E-state index in [1.54, 1.807) is 18.3 Å². The van der Waals surface area contributed by atoms with Crippen molar-refractivity contribution in [2.45, 2.75) is 0 Å². The Morgan fingerprint density at radius 2 is 1.62 bits per heavy atom. The lowest BCUT2D eigenvalue weighted by Crippen LogP contribution is -1.92. The molecule has 4 heteroatoms. The summed E-state index contributed by atoms with van der Waals surface area (Å²) in [5, 5.41) is 0.218. The van der Waals surface area contributed by atoms with Crippen LogP contribution in [0, 0.1) is 6.57 Å². The number of aromatic nitrogens is 2. The van der Waals surface area contributed by atoms with Gasteiger partial charge in [-0.2, -0.15) is 0 Å². The second-order valence-corrected chi connectivity index (χ2v) is 4.76. The molecule has 0 N–H and O–H groups in total. The molecule has 0 atom stereocenters. The highest BCUT2D eigenvalue weighted by molar-refractivity contribution is 6.28. The van der Waals surface area contributed by atoms with Crippen LogP contribution in [-0.4, -0.2) is 9.97 Å². The third kappa shape index (κ3) is 2.76.